The van der Waals surface area contributed by atoms with Crippen molar-refractivity contribution >= 4 is 38.5 Å². The molecular formula is C18H20N4O5S2. The van der Waals surface area contributed by atoms with E-state index in [1.807, 2.05) is 6.92 Å². The largest absolute Gasteiger partial charge is 0.480 e. The molecule has 3 aromatic rings. The second-order valence-corrected chi connectivity index (χ2v) is 10.4. The SMILES string of the molecule is Cc1ccc(S(=O)(=O)N2CCC(n3c(=O)n(CC(=O)O)c4cccnc43)CC2)s1. The molecule has 1 N–H and O–H groups in total. The zero-order chi connectivity index (χ0) is 20.8. The normalized spacial score (nSPS) is 16.4. The molecule has 0 saturated carbocycles. The maximum absolute atomic E-state index is 12.9. The number of piperidine rings is 1. The number of aromatic nitrogens is 3. The summed E-state index contributed by atoms with van der Waals surface area (Å²) in [5, 5.41) is 9.14. The molecule has 1 saturated heterocycles. The van der Waals surface area contributed by atoms with Gasteiger partial charge in [0.15, 0.2) is 5.65 Å². The standard InChI is InChI=1S/C18H20N4O5S2/c1-12-4-5-16(28-12)29(26,27)20-9-6-13(7-10-20)22-17-14(3-2-8-19-17)21(18(22)25)11-15(23)24/h2-5,8,13H,6-7,9-11H2,1H3,(H,23,24). The quantitative estimate of drug-likeness (QED) is 0.651. The van der Waals surface area contributed by atoms with Gasteiger partial charge in [0, 0.05) is 30.2 Å². The zero-order valence-electron chi connectivity index (χ0n) is 15.7. The van der Waals surface area contributed by atoms with Gasteiger partial charge in [-0.3, -0.25) is 13.9 Å². The van der Waals surface area contributed by atoms with Crippen LogP contribution in [0.2, 0.25) is 0 Å². The number of pyridine rings is 1. The van der Waals surface area contributed by atoms with Crippen molar-refractivity contribution in [2.24, 2.45) is 0 Å². The number of fused-ring (bicyclic) bond motifs is 1. The van der Waals surface area contributed by atoms with E-state index in [-0.39, 0.29) is 19.1 Å². The molecule has 0 radical (unpaired) electrons. The summed E-state index contributed by atoms with van der Waals surface area (Å²) >= 11 is 1.25. The third-order valence-corrected chi connectivity index (χ3v) is 8.48. The van der Waals surface area contributed by atoms with Gasteiger partial charge in [-0.25, -0.2) is 18.2 Å². The van der Waals surface area contributed by atoms with Crippen LogP contribution in [0, 0.1) is 6.92 Å². The van der Waals surface area contributed by atoms with Crippen LogP contribution in [0.15, 0.2) is 39.5 Å². The maximum Gasteiger partial charge on any atom is 0.331 e. The van der Waals surface area contributed by atoms with Crippen molar-refractivity contribution in [1.29, 1.82) is 0 Å². The highest BCUT2D eigenvalue weighted by atomic mass is 32.2. The molecule has 3 aromatic heterocycles. The van der Waals surface area contributed by atoms with Gasteiger partial charge in [-0.05, 0) is 44.0 Å². The van der Waals surface area contributed by atoms with E-state index in [0.717, 1.165) is 4.88 Å². The van der Waals surface area contributed by atoms with E-state index in [2.05, 4.69) is 4.98 Å². The molecule has 11 heteroatoms. The number of carboxylic acids is 1. The molecule has 4 rings (SSSR count). The number of imidazole rings is 1. The number of sulfonamides is 1. The number of hydrogen-bond acceptors (Lipinski definition) is 6. The van der Waals surface area contributed by atoms with Crippen LogP contribution in [0.25, 0.3) is 11.2 Å². The fraction of sp³-hybridized carbons (Fsp3) is 0.389. The summed E-state index contributed by atoms with van der Waals surface area (Å²) in [5.41, 5.74) is 0.453. The third kappa shape index (κ3) is 3.49. The molecule has 9 nitrogen and oxygen atoms in total. The van der Waals surface area contributed by atoms with E-state index < -0.39 is 28.2 Å². The summed E-state index contributed by atoms with van der Waals surface area (Å²) < 4.78 is 30.1. The molecule has 0 aliphatic carbocycles. The molecular weight excluding hydrogens is 416 g/mol. The summed E-state index contributed by atoms with van der Waals surface area (Å²) in [4.78, 5) is 29.3. The lowest BCUT2D eigenvalue weighted by molar-refractivity contribution is -0.137. The van der Waals surface area contributed by atoms with Crippen LogP contribution in [-0.2, 0) is 21.4 Å². The monoisotopic (exact) mass is 436 g/mol. The van der Waals surface area contributed by atoms with Gasteiger partial charge in [0.05, 0.1) is 5.52 Å². The Morgan fingerprint density at radius 1 is 1.28 bits per heavy atom. The van der Waals surface area contributed by atoms with Crippen LogP contribution >= 0.6 is 11.3 Å². The Kier molecular flexibility index (Phi) is 5.05. The number of carboxylic acid groups (broad SMARTS) is 1. The Bertz CT molecular complexity index is 1230. The van der Waals surface area contributed by atoms with Gasteiger partial charge in [-0.2, -0.15) is 4.31 Å². The Labute approximate surface area is 170 Å². The van der Waals surface area contributed by atoms with Crippen LogP contribution in [-0.4, -0.2) is 51.0 Å². The first-order valence-electron chi connectivity index (χ1n) is 9.13. The predicted molar refractivity (Wildman–Crippen MR) is 108 cm³/mol. The minimum atomic E-state index is -3.54. The molecule has 1 fully saturated rings. The number of carbonyl (C=O) groups is 1. The number of thiophene rings is 1. The van der Waals surface area contributed by atoms with Gasteiger partial charge < -0.3 is 5.11 Å². The van der Waals surface area contributed by atoms with E-state index >= 15 is 0 Å². The molecule has 1 aliphatic heterocycles. The minimum Gasteiger partial charge on any atom is -0.480 e. The van der Waals surface area contributed by atoms with Crippen molar-refractivity contribution < 1.29 is 18.3 Å². The Morgan fingerprint density at radius 3 is 2.62 bits per heavy atom. The third-order valence-electron chi connectivity index (χ3n) is 5.11. The first-order valence-corrected chi connectivity index (χ1v) is 11.4. The number of hydrogen-bond donors (Lipinski definition) is 1. The smallest absolute Gasteiger partial charge is 0.331 e. The van der Waals surface area contributed by atoms with Crippen molar-refractivity contribution in [2.45, 2.75) is 36.6 Å². The second-order valence-electron chi connectivity index (χ2n) is 6.98. The van der Waals surface area contributed by atoms with Crippen molar-refractivity contribution in [1.82, 2.24) is 18.4 Å². The highest BCUT2D eigenvalue weighted by Crippen LogP contribution is 2.30. The Morgan fingerprint density at radius 2 is 2.00 bits per heavy atom. The average Bonchev–Trinajstić information content (AvgIpc) is 3.24. The Hall–Kier alpha value is -2.50. The molecule has 4 heterocycles. The highest BCUT2D eigenvalue weighted by Gasteiger charge is 2.32. The summed E-state index contributed by atoms with van der Waals surface area (Å²) in [7, 11) is -3.54. The van der Waals surface area contributed by atoms with Crippen molar-refractivity contribution in [3.05, 3.63) is 45.8 Å². The summed E-state index contributed by atoms with van der Waals surface area (Å²) in [6.45, 7) is 1.99. The fourth-order valence-corrected chi connectivity index (χ4v) is 6.65. The zero-order valence-corrected chi connectivity index (χ0v) is 17.3. The minimum absolute atomic E-state index is 0.244. The van der Waals surface area contributed by atoms with E-state index in [4.69, 9.17) is 5.11 Å². The molecule has 0 amide bonds. The molecule has 0 bridgehead atoms. The van der Waals surface area contributed by atoms with Gasteiger partial charge >= 0.3 is 11.7 Å². The van der Waals surface area contributed by atoms with Crippen molar-refractivity contribution in [3.8, 4) is 0 Å². The first-order chi connectivity index (χ1) is 13.8. The Balaban J connectivity index is 1.62. The van der Waals surface area contributed by atoms with Crippen LogP contribution in [0.3, 0.4) is 0 Å². The van der Waals surface area contributed by atoms with Gasteiger partial charge in [-0.15, -0.1) is 11.3 Å². The van der Waals surface area contributed by atoms with Gasteiger partial charge in [0.2, 0.25) is 0 Å². The topological polar surface area (TPSA) is 114 Å². The molecule has 0 aromatic carbocycles. The van der Waals surface area contributed by atoms with Crippen molar-refractivity contribution in [2.75, 3.05) is 13.1 Å². The van der Waals surface area contributed by atoms with Gasteiger partial charge in [0.1, 0.15) is 10.8 Å². The van der Waals surface area contributed by atoms with Crippen molar-refractivity contribution in [3.63, 3.8) is 0 Å². The average molecular weight is 437 g/mol. The van der Waals surface area contributed by atoms with E-state index in [9.17, 15) is 18.0 Å². The first kappa shape index (κ1) is 19.8. The molecule has 0 atom stereocenters. The molecule has 0 spiro atoms. The summed E-state index contributed by atoms with van der Waals surface area (Å²) in [5.74, 6) is -1.11. The van der Waals surface area contributed by atoms with Crippen LogP contribution in [0.4, 0.5) is 0 Å². The number of aliphatic carboxylic acids is 1. The lowest BCUT2D eigenvalue weighted by Gasteiger charge is -2.31. The maximum atomic E-state index is 12.9. The molecule has 0 unspecified atom stereocenters. The summed E-state index contributed by atoms with van der Waals surface area (Å²) in [6, 6.07) is 6.48. The van der Waals surface area contributed by atoms with Gasteiger partial charge in [0.25, 0.3) is 10.0 Å². The summed E-state index contributed by atoms with van der Waals surface area (Å²) in [6.07, 6.45) is 2.46. The van der Waals surface area contributed by atoms with Crippen LogP contribution in [0.5, 0.6) is 0 Å². The number of aryl methyl sites for hydroxylation is 1. The molecule has 154 valence electrons. The predicted octanol–water partition coefficient (Wildman–Crippen LogP) is 1.68. The van der Waals surface area contributed by atoms with E-state index in [1.54, 1.807) is 30.5 Å². The van der Waals surface area contributed by atoms with Crippen LogP contribution < -0.4 is 5.69 Å². The fourth-order valence-electron chi connectivity index (χ4n) is 3.74. The second kappa shape index (κ2) is 7.39. The van der Waals surface area contributed by atoms with Crippen LogP contribution in [0.1, 0.15) is 23.8 Å². The highest BCUT2D eigenvalue weighted by molar-refractivity contribution is 7.91. The number of nitrogens with zero attached hydrogens (tertiary/aromatic N) is 4. The molecule has 1 aliphatic rings. The van der Waals surface area contributed by atoms with E-state index in [0.29, 0.717) is 28.2 Å². The number of rotatable bonds is 5. The van der Waals surface area contributed by atoms with E-state index in [1.165, 1.54) is 24.8 Å². The molecule has 29 heavy (non-hydrogen) atoms. The lowest BCUT2D eigenvalue weighted by Crippen LogP contribution is -2.41. The lowest BCUT2D eigenvalue weighted by atomic mass is 10.1. The van der Waals surface area contributed by atoms with Gasteiger partial charge in [-0.1, -0.05) is 0 Å².